The molecule has 0 radical (unpaired) electrons. The second kappa shape index (κ2) is 16.5. The molecule has 1 saturated carbocycles. The summed E-state index contributed by atoms with van der Waals surface area (Å²) in [6.45, 7) is 5.75. The molecule has 0 aliphatic heterocycles. The fourth-order valence-corrected chi connectivity index (χ4v) is 7.29. The van der Waals surface area contributed by atoms with Crippen LogP contribution >= 0.6 is 0 Å². The second-order valence-corrected chi connectivity index (χ2v) is 13.6. The molecule has 2 amide bonds. The molecular weight excluding hydrogens is 618 g/mol. The maximum absolute atomic E-state index is 14.4. The highest BCUT2D eigenvalue weighted by molar-refractivity contribution is 7.92. The first kappa shape index (κ1) is 35.6. The zero-order valence-corrected chi connectivity index (χ0v) is 28.8. The van der Waals surface area contributed by atoms with Crippen molar-refractivity contribution >= 4 is 27.5 Å². The summed E-state index contributed by atoms with van der Waals surface area (Å²) in [5, 5.41) is 3.18. The molecule has 0 saturated heterocycles. The Morgan fingerprint density at radius 2 is 1.55 bits per heavy atom. The van der Waals surface area contributed by atoms with Crippen molar-refractivity contribution in [1.29, 1.82) is 0 Å². The molecule has 47 heavy (non-hydrogen) atoms. The van der Waals surface area contributed by atoms with E-state index in [1.807, 2.05) is 45.0 Å². The number of nitrogens with one attached hydrogen (secondary N) is 1. The van der Waals surface area contributed by atoms with E-state index in [-0.39, 0.29) is 34.8 Å². The number of amides is 2. The highest BCUT2D eigenvalue weighted by atomic mass is 32.2. The summed E-state index contributed by atoms with van der Waals surface area (Å²) < 4.78 is 46.0. The first-order valence-electron chi connectivity index (χ1n) is 16.2. The predicted octanol–water partition coefficient (Wildman–Crippen LogP) is 5.86. The van der Waals surface area contributed by atoms with Gasteiger partial charge in [0, 0.05) is 18.7 Å². The van der Waals surface area contributed by atoms with Crippen LogP contribution in [0.25, 0.3) is 0 Å². The lowest BCUT2D eigenvalue weighted by Gasteiger charge is -2.34. The van der Waals surface area contributed by atoms with Crippen LogP contribution in [0.5, 0.6) is 17.2 Å². The number of sulfonamides is 1. The molecule has 1 N–H and O–H groups in total. The summed E-state index contributed by atoms with van der Waals surface area (Å²) >= 11 is 0. The normalized spacial score (nSPS) is 14.1. The van der Waals surface area contributed by atoms with Crippen molar-refractivity contribution in [2.24, 2.45) is 0 Å². The number of rotatable bonds is 15. The number of hydrogen-bond donors (Lipinski definition) is 1. The molecule has 0 aromatic heterocycles. The van der Waals surface area contributed by atoms with Crippen LogP contribution in [0.1, 0.15) is 63.5 Å². The van der Waals surface area contributed by atoms with Crippen molar-refractivity contribution < 1.29 is 32.2 Å². The minimum Gasteiger partial charge on any atom is -0.494 e. The van der Waals surface area contributed by atoms with Crippen molar-refractivity contribution in [3.63, 3.8) is 0 Å². The summed E-state index contributed by atoms with van der Waals surface area (Å²) in [7, 11) is -1.42. The number of benzene rings is 3. The molecule has 3 aromatic carbocycles. The van der Waals surface area contributed by atoms with E-state index >= 15 is 0 Å². The van der Waals surface area contributed by atoms with Crippen LogP contribution in [0, 0.1) is 6.92 Å². The molecule has 11 heteroatoms. The predicted molar refractivity (Wildman–Crippen MR) is 183 cm³/mol. The van der Waals surface area contributed by atoms with E-state index < -0.39 is 28.5 Å². The van der Waals surface area contributed by atoms with Crippen molar-refractivity contribution in [1.82, 2.24) is 10.2 Å². The van der Waals surface area contributed by atoms with Crippen molar-refractivity contribution in [3.05, 3.63) is 77.9 Å². The molecule has 0 heterocycles. The minimum atomic E-state index is -4.31. The maximum Gasteiger partial charge on any atom is 0.264 e. The van der Waals surface area contributed by atoms with E-state index in [0.29, 0.717) is 24.5 Å². The fraction of sp³-hybridized carbons (Fsp3) is 0.444. The summed E-state index contributed by atoms with van der Waals surface area (Å²) in [6.07, 6.45) is 5.43. The lowest BCUT2D eigenvalue weighted by Crippen LogP contribution is -2.54. The number of carbonyl (C=O) groups is 2. The Morgan fingerprint density at radius 3 is 2.15 bits per heavy atom. The van der Waals surface area contributed by atoms with E-state index in [2.05, 4.69) is 5.32 Å². The van der Waals surface area contributed by atoms with Gasteiger partial charge in [0.05, 0.1) is 31.4 Å². The number of carbonyl (C=O) groups excluding carboxylic acids is 2. The number of anilines is 1. The van der Waals surface area contributed by atoms with Crippen molar-refractivity contribution in [2.75, 3.05) is 31.7 Å². The van der Waals surface area contributed by atoms with Gasteiger partial charge in [-0.2, -0.15) is 0 Å². The van der Waals surface area contributed by atoms with Gasteiger partial charge in [0.15, 0.2) is 11.5 Å². The zero-order chi connectivity index (χ0) is 34.0. The van der Waals surface area contributed by atoms with E-state index in [0.717, 1.165) is 47.5 Å². The molecule has 10 nitrogen and oxygen atoms in total. The number of methoxy groups -OCH3 is 2. The van der Waals surface area contributed by atoms with E-state index in [1.165, 1.54) is 37.3 Å². The topological polar surface area (TPSA) is 114 Å². The molecule has 0 bridgehead atoms. The zero-order valence-electron chi connectivity index (χ0n) is 28.0. The number of ether oxygens (including phenoxy) is 3. The standard InChI is InChI=1S/C36H47N3O7S/c1-6-32(36(41)37-28-11-9-8-10-12-28)38(24-27-15-13-26(3)14-16-27)35(40)25-39(29-17-19-30(20-18-29)46-7-2)47(42,43)31-21-22-33(44-4)34(23-31)45-5/h13-23,28,32H,6-12,24-25H2,1-5H3,(H,37,41)/t32-/m1/s1. The quantitative estimate of drug-likeness (QED) is 0.216. The molecule has 0 spiro atoms. The molecule has 254 valence electrons. The summed E-state index contributed by atoms with van der Waals surface area (Å²) in [4.78, 5) is 29.6. The third kappa shape index (κ3) is 8.97. The molecule has 4 rings (SSSR count). The van der Waals surface area contributed by atoms with E-state index in [9.17, 15) is 18.0 Å². The Labute approximate surface area is 279 Å². The van der Waals surface area contributed by atoms with Gasteiger partial charge in [0.25, 0.3) is 10.0 Å². The van der Waals surface area contributed by atoms with Crippen LogP contribution in [0.3, 0.4) is 0 Å². The van der Waals surface area contributed by atoms with Crippen molar-refractivity contribution in [3.8, 4) is 17.2 Å². The van der Waals surface area contributed by atoms with Crippen LogP contribution in [-0.2, 0) is 26.2 Å². The average Bonchev–Trinajstić information content (AvgIpc) is 3.08. The van der Waals surface area contributed by atoms with Gasteiger partial charge in [-0.15, -0.1) is 0 Å². The van der Waals surface area contributed by atoms with Gasteiger partial charge >= 0.3 is 0 Å². The molecule has 1 aliphatic rings. The lowest BCUT2D eigenvalue weighted by atomic mass is 9.95. The highest BCUT2D eigenvalue weighted by Crippen LogP contribution is 2.33. The summed E-state index contributed by atoms with van der Waals surface area (Å²) in [5.41, 5.74) is 2.17. The SMILES string of the molecule is CCOc1ccc(N(CC(=O)N(Cc2ccc(C)cc2)[C@H](CC)C(=O)NC2CCCCC2)S(=O)(=O)c2ccc(OC)c(OC)c2)cc1. The van der Waals surface area contributed by atoms with Gasteiger partial charge < -0.3 is 24.4 Å². The molecule has 1 aliphatic carbocycles. The number of nitrogens with zero attached hydrogens (tertiary/aromatic N) is 2. The smallest absolute Gasteiger partial charge is 0.264 e. The average molecular weight is 666 g/mol. The minimum absolute atomic E-state index is 0.0624. The number of aryl methyl sites for hydroxylation is 1. The summed E-state index contributed by atoms with van der Waals surface area (Å²) in [6, 6.07) is 17.9. The third-order valence-corrected chi connectivity index (χ3v) is 10.2. The Kier molecular flexibility index (Phi) is 12.5. The monoisotopic (exact) mass is 665 g/mol. The Hall–Kier alpha value is -4.25. The third-order valence-electron chi connectivity index (χ3n) is 8.47. The van der Waals surface area contributed by atoms with Crippen LogP contribution in [0.2, 0.25) is 0 Å². The van der Waals surface area contributed by atoms with E-state index in [4.69, 9.17) is 14.2 Å². The van der Waals surface area contributed by atoms with Gasteiger partial charge in [-0.25, -0.2) is 8.42 Å². The first-order chi connectivity index (χ1) is 22.6. The van der Waals surface area contributed by atoms with Crippen LogP contribution < -0.4 is 23.8 Å². The molecule has 3 aromatic rings. The number of hydrogen-bond acceptors (Lipinski definition) is 7. The van der Waals surface area contributed by atoms with Gasteiger partial charge in [-0.3, -0.25) is 13.9 Å². The second-order valence-electron chi connectivity index (χ2n) is 11.7. The lowest BCUT2D eigenvalue weighted by molar-refractivity contribution is -0.140. The Balaban J connectivity index is 1.74. The molecule has 0 unspecified atom stereocenters. The Bertz CT molecular complexity index is 1590. The fourth-order valence-electron chi connectivity index (χ4n) is 5.86. The Morgan fingerprint density at radius 1 is 0.894 bits per heavy atom. The van der Waals surface area contributed by atoms with Crippen LogP contribution in [0.4, 0.5) is 5.69 Å². The van der Waals surface area contributed by atoms with Gasteiger partial charge in [0.1, 0.15) is 18.3 Å². The molecular formula is C36H47N3O7S. The van der Waals surface area contributed by atoms with Gasteiger partial charge in [0.2, 0.25) is 11.8 Å². The van der Waals surface area contributed by atoms with Gasteiger partial charge in [-0.05, 0) is 75.1 Å². The summed E-state index contributed by atoms with van der Waals surface area (Å²) in [5.74, 6) is 0.439. The highest BCUT2D eigenvalue weighted by Gasteiger charge is 2.35. The maximum atomic E-state index is 14.4. The first-order valence-corrected chi connectivity index (χ1v) is 17.7. The molecule has 1 atom stereocenters. The van der Waals surface area contributed by atoms with Crippen LogP contribution in [-0.4, -0.2) is 64.6 Å². The van der Waals surface area contributed by atoms with E-state index in [1.54, 1.807) is 24.3 Å². The van der Waals surface area contributed by atoms with Gasteiger partial charge in [-0.1, -0.05) is 56.0 Å². The largest absolute Gasteiger partial charge is 0.494 e. The van der Waals surface area contributed by atoms with Crippen molar-refractivity contribution in [2.45, 2.75) is 82.8 Å². The molecule has 1 fully saturated rings. The van der Waals surface area contributed by atoms with Crippen LogP contribution in [0.15, 0.2) is 71.6 Å².